The highest BCUT2D eigenvalue weighted by Crippen LogP contribution is 2.20. The van der Waals surface area contributed by atoms with E-state index in [1.165, 1.54) is 25.0 Å². The number of nitrogens with one attached hydrogen (secondary N) is 1. The van der Waals surface area contributed by atoms with Crippen molar-refractivity contribution in [3.8, 4) is 0 Å². The monoisotopic (exact) mass is 271 g/mol. The van der Waals surface area contributed by atoms with Crippen LogP contribution in [0.1, 0.15) is 40.0 Å². The van der Waals surface area contributed by atoms with Crippen LogP contribution in [0.4, 0.5) is 0 Å². The molecule has 1 fully saturated rings. The van der Waals surface area contributed by atoms with Crippen LogP contribution in [0.2, 0.25) is 0 Å². The highest BCUT2D eigenvalue weighted by molar-refractivity contribution is 8.00. The van der Waals surface area contributed by atoms with E-state index in [-0.39, 0.29) is 0 Å². The van der Waals surface area contributed by atoms with Gasteiger partial charge in [-0.05, 0) is 25.2 Å². The molecule has 1 heterocycles. The molecule has 0 spiro atoms. The number of aliphatic imine (C=N–C) groups is 1. The van der Waals surface area contributed by atoms with Crippen molar-refractivity contribution in [3.63, 3.8) is 0 Å². The largest absolute Gasteiger partial charge is 0.356 e. The minimum atomic E-state index is 0.771. The SMILES string of the molecule is CCC1CN(C(=NC)NCCCC(C)C)CCS1. The second kappa shape index (κ2) is 8.68. The molecule has 0 bridgehead atoms. The van der Waals surface area contributed by atoms with Gasteiger partial charge in [0.2, 0.25) is 0 Å². The van der Waals surface area contributed by atoms with Crippen molar-refractivity contribution in [3.05, 3.63) is 0 Å². The molecule has 0 radical (unpaired) electrons. The average Bonchev–Trinajstić information content (AvgIpc) is 2.38. The van der Waals surface area contributed by atoms with Crippen molar-refractivity contribution in [2.24, 2.45) is 10.9 Å². The molecule has 18 heavy (non-hydrogen) atoms. The van der Waals surface area contributed by atoms with E-state index >= 15 is 0 Å². The molecule has 0 aromatic heterocycles. The Hall–Kier alpha value is -0.380. The lowest BCUT2D eigenvalue weighted by Gasteiger charge is -2.34. The van der Waals surface area contributed by atoms with Gasteiger partial charge in [-0.1, -0.05) is 20.8 Å². The molecule has 0 aromatic carbocycles. The third-order valence-electron chi connectivity index (χ3n) is 3.35. The molecular weight excluding hydrogens is 242 g/mol. The van der Waals surface area contributed by atoms with Gasteiger partial charge in [0.15, 0.2) is 5.96 Å². The average molecular weight is 271 g/mol. The summed E-state index contributed by atoms with van der Waals surface area (Å²) in [6, 6.07) is 0. The number of thioether (sulfide) groups is 1. The van der Waals surface area contributed by atoms with Crippen LogP contribution in [0.5, 0.6) is 0 Å². The van der Waals surface area contributed by atoms with Crippen molar-refractivity contribution in [1.82, 2.24) is 10.2 Å². The first-order valence-electron chi connectivity index (χ1n) is 7.24. The van der Waals surface area contributed by atoms with Crippen molar-refractivity contribution in [2.45, 2.75) is 45.3 Å². The first kappa shape index (κ1) is 15.7. The predicted molar refractivity (Wildman–Crippen MR) is 83.5 cm³/mol. The molecule has 4 heteroatoms. The van der Waals surface area contributed by atoms with E-state index in [4.69, 9.17) is 0 Å². The Morgan fingerprint density at radius 3 is 2.89 bits per heavy atom. The summed E-state index contributed by atoms with van der Waals surface area (Å²) in [5.41, 5.74) is 0. The van der Waals surface area contributed by atoms with Crippen molar-refractivity contribution >= 4 is 17.7 Å². The quantitative estimate of drug-likeness (QED) is 0.473. The fourth-order valence-electron chi connectivity index (χ4n) is 2.20. The lowest BCUT2D eigenvalue weighted by atomic mass is 10.1. The van der Waals surface area contributed by atoms with E-state index in [0.717, 1.165) is 36.8 Å². The molecular formula is C14H29N3S. The molecule has 0 aromatic rings. The second-order valence-corrected chi connectivity index (χ2v) is 6.77. The highest BCUT2D eigenvalue weighted by atomic mass is 32.2. The van der Waals surface area contributed by atoms with Crippen LogP contribution in [-0.2, 0) is 0 Å². The molecule has 3 nitrogen and oxygen atoms in total. The highest BCUT2D eigenvalue weighted by Gasteiger charge is 2.21. The van der Waals surface area contributed by atoms with E-state index in [1.807, 2.05) is 7.05 Å². The first-order valence-corrected chi connectivity index (χ1v) is 8.29. The van der Waals surface area contributed by atoms with Gasteiger partial charge >= 0.3 is 0 Å². The first-order chi connectivity index (χ1) is 8.67. The van der Waals surface area contributed by atoms with E-state index in [0.29, 0.717) is 0 Å². The van der Waals surface area contributed by atoms with Crippen LogP contribution in [0.25, 0.3) is 0 Å². The third kappa shape index (κ3) is 5.51. The summed E-state index contributed by atoms with van der Waals surface area (Å²) in [6.07, 6.45) is 3.78. The van der Waals surface area contributed by atoms with E-state index in [9.17, 15) is 0 Å². The molecule has 1 N–H and O–H groups in total. The fraction of sp³-hybridized carbons (Fsp3) is 0.929. The Labute approximate surface area is 117 Å². The number of hydrogen-bond acceptors (Lipinski definition) is 2. The minimum Gasteiger partial charge on any atom is -0.356 e. The summed E-state index contributed by atoms with van der Waals surface area (Å²) in [5.74, 6) is 3.12. The van der Waals surface area contributed by atoms with Gasteiger partial charge in [-0.25, -0.2) is 0 Å². The Bertz CT molecular complexity index is 253. The van der Waals surface area contributed by atoms with Crippen molar-refractivity contribution in [1.29, 1.82) is 0 Å². The van der Waals surface area contributed by atoms with Crippen molar-refractivity contribution in [2.75, 3.05) is 32.4 Å². The van der Waals surface area contributed by atoms with Gasteiger partial charge in [-0.3, -0.25) is 4.99 Å². The van der Waals surface area contributed by atoms with Gasteiger partial charge in [0.25, 0.3) is 0 Å². The van der Waals surface area contributed by atoms with Crippen LogP contribution >= 0.6 is 11.8 Å². The summed E-state index contributed by atoms with van der Waals surface area (Å²) in [4.78, 5) is 6.84. The topological polar surface area (TPSA) is 27.6 Å². The molecule has 1 unspecified atom stereocenters. The zero-order chi connectivity index (χ0) is 13.4. The number of hydrogen-bond donors (Lipinski definition) is 1. The number of rotatable bonds is 5. The Kier molecular flexibility index (Phi) is 7.56. The fourth-order valence-corrected chi connectivity index (χ4v) is 3.38. The molecule has 106 valence electrons. The van der Waals surface area contributed by atoms with Gasteiger partial charge in [0, 0.05) is 37.7 Å². The standard InChI is InChI=1S/C14H29N3S/c1-5-13-11-17(9-10-18-13)14(15-4)16-8-6-7-12(2)3/h12-13H,5-11H2,1-4H3,(H,15,16). The van der Waals surface area contributed by atoms with Crippen molar-refractivity contribution < 1.29 is 0 Å². The number of nitrogens with zero attached hydrogens (tertiary/aromatic N) is 2. The summed E-state index contributed by atoms with van der Waals surface area (Å²) in [5, 5.41) is 4.28. The van der Waals surface area contributed by atoms with Gasteiger partial charge in [-0.15, -0.1) is 0 Å². The molecule has 1 saturated heterocycles. The van der Waals surface area contributed by atoms with Gasteiger partial charge < -0.3 is 10.2 Å². The van der Waals surface area contributed by atoms with Crippen LogP contribution < -0.4 is 5.32 Å². The molecule has 1 rings (SSSR count). The molecule has 0 amide bonds. The Balaban J connectivity index is 2.32. The minimum absolute atomic E-state index is 0.771. The maximum absolute atomic E-state index is 4.42. The molecule has 1 atom stereocenters. The molecule has 1 aliphatic rings. The maximum Gasteiger partial charge on any atom is 0.193 e. The van der Waals surface area contributed by atoms with E-state index in [2.05, 4.69) is 47.7 Å². The summed E-state index contributed by atoms with van der Waals surface area (Å²) in [7, 11) is 1.90. The van der Waals surface area contributed by atoms with Gasteiger partial charge in [-0.2, -0.15) is 11.8 Å². The molecule has 0 saturated carbocycles. The third-order valence-corrected chi connectivity index (χ3v) is 4.72. The smallest absolute Gasteiger partial charge is 0.193 e. The zero-order valence-corrected chi connectivity index (χ0v) is 13.2. The molecule has 0 aliphatic carbocycles. The maximum atomic E-state index is 4.42. The lowest BCUT2D eigenvalue weighted by molar-refractivity contribution is 0.406. The van der Waals surface area contributed by atoms with Crippen LogP contribution in [-0.4, -0.2) is 48.5 Å². The normalized spacial score (nSPS) is 21.5. The Morgan fingerprint density at radius 1 is 1.50 bits per heavy atom. The van der Waals surface area contributed by atoms with Crippen LogP contribution in [0.3, 0.4) is 0 Å². The second-order valence-electron chi connectivity index (χ2n) is 5.36. The van der Waals surface area contributed by atoms with Gasteiger partial charge in [0.05, 0.1) is 0 Å². The zero-order valence-electron chi connectivity index (χ0n) is 12.4. The number of guanidine groups is 1. The Morgan fingerprint density at radius 2 is 2.28 bits per heavy atom. The summed E-state index contributed by atoms with van der Waals surface area (Å²) < 4.78 is 0. The van der Waals surface area contributed by atoms with E-state index in [1.54, 1.807) is 0 Å². The van der Waals surface area contributed by atoms with Crippen LogP contribution in [0.15, 0.2) is 4.99 Å². The predicted octanol–water partition coefficient (Wildman–Crippen LogP) is 2.83. The van der Waals surface area contributed by atoms with Crippen LogP contribution in [0, 0.1) is 5.92 Å². The summed E-state index contributed by atoms with van der Waals surface area (Å²) >= 11 is 2.10. The summed E-state index contributed by atoms with van der Waals surface area (Å²) in [6.45, 7) is 10.2. The molecule has 1 aliphatic heterocycles. The lowest BCUT2D eigenvalue weighted by Crippen LogP contribution is -2.48. The van der Waals surface area contributed by atoms with Gasteiger partial charge in [0.1, 0.15) is 0 Å². The van der Waals surface area contributed by atoms with E-state index < -0.39 is 0 Å².